The van der Waals surface area contributed by atoms with Crippen molar-refractivity contribution < 1.29 is 4.79 Å². The van der Waals surface area contributed by atoms with Gasteiger partial charge in [-0.25, -0.2) is 9.97 Å². The Kier molecular flexibility index (Phi) is 3.63. The zero-order valence-electron chi connectivity index (χ0n) is 9.30. The summed E-state index contributed by atoms with van der Waals surface area (Å²) in [7, 11) is 0. The second kappa shape index (κ2) is 5.18. The van der Waals surface area contributed by atoms with E-state index >= 15 is 0 Å². The number of ketones is 1. The summed E-state index contributed by atoms with van der Waals surface area (Å²) in [4.78, 5) is 20.0. The molecular weight excluding hydrogens is 284 g/mol. The summed E-state index contributed by atoms with van der Waals surface area (Å²) in [6, 6.07) is 1.60. The van der Waals surface area contributed by atoms with Gasteiger partial charge in [-0.3, -0.25) is 9.48 Å². The summed E-state index contributed by atoms with van der Waals surface area (Å²) in [5.41, 5.74) is 0.907. The maximum atomic E-state index is 12.2. The van der Waals surface area contributed by atoms with Gasteiger partial charge in [0.05, 0.1) is 10.7 Å². The van der Waals surface area contributed by atoms with Crippen LogP contribution in [-0.2, 0) is 6.54 Å². The van der Waals surface area contributed by atoms with Crippen LogP contribution >= 0.6 is 15.9 Å². The van der Waals surface area contributed by atoms with Crippen molar-refractivity contribution in [2.45, 2.75) is 19.9 Å². The highest BCUT2D eigenvalue weighted by molar-refractivity contribution is 9.10. The molecule has 0 spiro atoms. The van der Waals surface area contributed by atoms with E-state index in [0.29, 0.717) is 22.4 Å². The van der Waals surface area contributed by atoms with E-state index in [2.05, 4.69) is 31.0 Å². The summed E-state index contributed by atoms with van der Waals surface area (Å²) in [5.74, 6) is -0.148. The summed E-state index contributed by atoms with van der Waals surface area (Å²) in [6.07, 6.45) is 5.46. The molecule has 0 atom stereocenters. The van der Waals surface area contributed by atoms with E-state index in [1.165, 1.54) is 6.33 Å². The van der Waals surface area contributed by atoms with Gasteiger partial charge in [-0.15, -0.1) is 0 Å². The van der Waals surface area contributed by atoms with Crippen LogP contribution < -0.4 is 0 Å². The van der Waals surface area contributed by atoms with E-state index in [-0.39, 0.29) is 5.78 Å². The molecule has 17 heavy (non-hydrogen) atoms. The van der Waals surface area contributed by atoms with Crippen molar-refractivity contribution in [3.63, 3.8) is 0 Å². The lowest BCUT2D eigenvalue weighted by molar-refractivity contribution is 0.102. The molecule has 0 amide bonds. The van der Waals surface area contributed by atoms with Gasteiger partial charge in [-0.1, -0.05) is 6.92 Å². The van der Waals surface area contributed by atoms with Crippen LogP contribution in [0.15, 0.2) is 29.3 Å². The van der Waals surface area contributed by atoms with E-state index in [1.807, 2.05) is 6.92 Å². The summed E-state index contributed by atoms with van der Waals surface area (Å²) in [5, 5.41) is 4.16. The lowest BCUT2D eigenvalue weighted by atomic mass is 10.2. The average molecular weight is 295 g/mol. The molecule has 0 saturated heterocycles. The van der Waals surface area contributed by atoms with Crippen molar-refractivity contribution in [1.29, 1.82) is 0 Å². The van der Waals surface area contributed by atoms with Crippen molar-refractivity contribution in [3.05, 3.63) is 40.6 Å². The first kappa shape index (κ1) is 11.9. The number of aromatic nitrogens is 4. The third-order valence-corrected chi connectivity index (χ3v) is 2.84. The number of hydrogen-bond acceptors (Lipinski definition) is 4. The Morgan fingerprint density at radius 1 is 1.53 bits per heavy atom. The van der Waals surface area contributed by atoms with E-state index in [1.54, 1.807) is 23.1 Å². The van der Waals surface area contributed by atoms with Crippen molar-refractivity contribution in [2.24, 2.45) is 0 Å². The minimum Gasteiger partial charge on any atom is -0.285 e. The maximum absolute atomic E-state index is 12.2. The topological polar surface area (TPSA) is 60.7 Å². The third kappa shape index (κ3) is 2.41. The molecule has 0 radical (unpaired) electrons. The molecular formula is C11H11BrN4O. The molecule has 2 aromatic rings. The molecule has 0 bridgehead atoms. The Balaban J connectivity index is 2.40. The highest BCUT2D eigenvalue weighted by Gasteiger charge is 2.19. The normalized spacial score (nSPS) is 10.5. The molecule has 2 aromatic heterocycles. The monoisotopic (exact) mass is 294 g/mol. The average Bonchev–Trinajstić information content (AvgIpc) is 2.71. The van der Waals surface area contributed by atoms with Gasteiger partial charge < -0.3 is 0 Å². The van der Waals surface area contributed by atoms with Crippen molar-refractivity contribution in [1.82, 2.24) is 19.7 Å². The highest BCUT2D eigenvalue weighted by atomic mass is 79.9. The largest absolute Gasteiger partial charge is 0.285 e. The Bertz CT molecular complexity index is 524. The Hall–Kier alpha value is -1.56. The van der Waals surface area contributed by atoms with Crippen LogP contribution in [0.2, 0.25) is 0 Å². The number of nitrogens with zero attached hydrogens (tertiary/aromatic N) is 4. The fourth-order valence-corrected chi connectivity index (χ4v) is 1.99. The minimum absolute atomic E-state index is 0.148. The second-order valence-electron chi connectivity index (χ2n) is 3.49. The number of halogens is 1. The quantitative estimate of drug-likeness (QED) is 0.810. The van der Waals surface area contributed by atoms with Crippen LogP contribution in [0.1, 0.15) is 29.5 Å². The van der Waals surface area contributed by atoms with Crippen LogP contribution in [-0.4, -0.2) is 25.5 Å². The molecule has 2 heterocycles. The number of rotatable bonds is 4. The third-order valence-electron chi connectivity index (χ3n) is 2.26. The smallest absolute Gasteiger partial charge is 0.230 e. The molecule has 0 fully saturated rings. The molecule has 0 aliphatic heterocycles. The SMILES string of the molecule is CCCn1ncc(Br)c1C(=O)c1ccncn1. The fourth-order valence-electron chi connectivity index (χ4n) is 1.52. The molecule has 0 aliphatic rings. The van der Waals surface area contributed by atoms with Gasteiger partial charge in [-0.05, 0) is 28.4 Å². The Morgan fingerprint density at radius 2 is 2.35 bits per heavy atom. The van der Waals surface area contributed by atoms with Crippen molar-refractivity contribution in [3.8, 4) is 0 Å². The van der Waals surface area contributed by atoms with Crippen LogP contribution in [0.25, 0.3) is 0 Å². The van der Waals surface area contributed by atoms with Crippen molar-refractivity contribution in [2.75, 3.05) is 0 Å². The first-order valence-electron chi connectivity index (χ1n) is 5.26. The van der Waals surface area contributed by atoms with E-state index < -0.39 is 0 Å². The van der Waals surface area contributed by atoms with Gasteiger partial charge in [0.25, 0.3) is 0 Å². The van der Waals surface area contributed by atoms with E-state index in [9.17, 15) is 4.79 Å². The standard InChI is InChI=1S/C11H11BrN4O/c1-2-5-16-10(8(12)6-15-16)11(17)9-3-4-13-7-14-9/h3-4,6-7H,2,5H2,1H3. The van der Waals surface area contributed by atoms with E-state index in [0.717, 1.165) is 6.42 Å². The molecule has 6 heteroatoms. The summed E-state index contributed by atoms with van der Waals surface area (Å²) >= 11 is 3.34. The number of carbonyl (C=O) groups excluding carboxylic acids is 1. The Labute approximate surface area is 107 Å². The molecule has 2 rings (SSSR count). The van der Waals surface area contributed by atoms with Crippen LogP contribution in [0.4, 0.5) is 0 Å². The lowest BCUT2D eigenvalue weighted by Gasteiger charge is -2.05. The highest BCUT2D eigenvalue weighted by Crippen LogP contribution is 2.19. The van der Waals surface area contributed by atoms with Gasteiger partial charge in [-0.2, -0.15) is 5.10 Å². The van der Waals surface area contributed by atoms with Crippen LogP contribution in [0.5, 0.6) is 0 Å². The molecule has 0 aliphatic carbocycles. The number of hydrogen-bond donors (Lipinski definition) is 0. The first-order valence-corrected chi connectivity index (χ1v) is 6.05. The fraction of sp³-hybridized carbons (Fsp3) is 0.273. The van der Waals surface area contributed by atoms with Gasteiger partial charge in [0.2, 0.25) is 5.78 Å². The Morgan fingerprint density at radius 3 is 3.00 bits per heavy atom. The predicted molar refractivity (Wildman–Crippen MR) is 65.7 cm³/mol. The van der Waals surface area contributed by atoms with Crippen molar-refractivity contribution >= 4 is 21.7 Å². The minimum atomic E-state index is -0.148. The predicted octanol–water partition coefficient (Wildman–Crippen LogP) is 2.08. The number of aryl methyl sites for hydroxylation is 1. The lowest BCUT2D eigenvalue weighted by Crippen LogP contribution is -2.13. The molecule has 0 aromatic carbocycles. The molecule has 88 valence electrons. The van der Waals surface area contributed by atoms with Gasteiger partial charge in [0.1, 0.15) is 17.7 Å². The summed E-state index contributed by atoms with van der Waals surface area (Å²) < 4.78 is 2.38. The van der Waals surface area contributed by atoms with Gasteiger partial charge in [0.15, 0.2) is 0 Å². The van der Waals surface area contributed by atoms with E-state index in [4.69, 9.17) is 0 Å². The number of carbonyl (C=O) groups is 1. The maximum Gasteiger partial charge on any atom is 0.230 e. The van der Waals surface area contributed by atoms with Gasteiger partial charge in [0, 0.05) is 12.7 Å². The first-order chi connectivity index (χ1) is 8.24. The molecule has 0 saturated carbocycles. The van der Waals surface area contributed by atoms with Gasteiger partial charge >= 0.3 is 0 Å². The molecule has 0 N–H and O–H groups in total. The van der Waals surface area contributed by atoms with Crippen LogP contribution in [0, 0.1) is 0 Å². The molecule has 5 nitrogen and oxygen atoms in total. The zero-order chi connectivity index (χ0) is 12.3. The zero-order valence-corrected chi connectivity index (χ0v) is 10.9. The second-order valence-corrected chi connectivity index (χ2v) is 4.34. The molecule has 0 unspecified atom stereocenters. The summed E-state index contributed by atoms with van der Waals surface area (Å²) in [6.45, 7) is 2.74. The van der Waals surface area contributed by atoms with Crippen LogP contribution in [0.3, 0.4) is 0 Å².